The van der Waals surface area contributed by atoms with Crippen LogP contribution in [0.15, 0.2) is 53.4 Å². The number of amides is 1. The average molecular weight is 383 g/mol. The number of nitrogens with zero attached hydrogens (tertiary/aromatic N) is 1. The lowest BCUT2D eigenvalue weighted by atomic mass is 9.98. The van der Waals surface area contributed by atoms with Gasteiger partial charge in [0.1, 0.15) is 0 Å². The number of benzene rings is 2. The van der Waals surface area contributed by atoms with Gasteiger partial charge in [0, 0.05) is 23.7 Å². The van der Waals surface area contributed by atoms with E-state index in [0.717, 1.165) is 29.5 Å². The zero-order valence-electron chi connectivity index (χ0n) is 16.6. The molecule has 1 aliphatic heterocycles. The molecule has 2 aromatic rings. The number of aryl methyl sites for hydroxylation is 1. The molecule has 0 aliphatic carbocycles. The summed E-state index contributed by atoms with van der Waals surface area (Å²) in [6.45, 7) is 8.74. The lowest BCUT2D eigenvalue weighted by molar-refractivity contribution is -0.119. The van der Waals surface area contributed by atoms with Crippen molar-refractivity contribution in [3.8, 4) is 0 Å². The number of anilines is 1. The molecule has 1 N–H and O–H groups in total. The third kappa shape index (κ3) is 5.77. The highest BCUT2D eigenvalue weighted by atomic mass is 32.2. The van der Waals surface area contributed by atoms with E-state index in [9.17, 15) is 4.79 Å². The summed E-state index contributed by atoms with van der Waals surface area (Å²) in [6.07, 6.45) is 2.54. The van der Waals surface area contributed by atoms with Crippen LogP contribution < -0.4 is 10.2 Å². The number of carbonyl (C=O) groups is 1. The van der Waals surface area contributed by atoms with Crippen molar-refractivity contribution in [2.75, 3.05) is 23.7 Å². The maximum Gasteiger partial charge on any atom is 0.230 e. The van der Waals surface area contributed by atoms with Crippen molar-refractivity contribution in [2.45, 2.75) is 44.6 Å². The van der Waals surface area contributed by atoms with E-state index in [0.29, 0.717) is 5.75 Å². The Morgan fingerprint density at radius 2 is 1.74 bits per heavy atom. The minimum absolute atomic E-state index is 0.0199. The quantitative estimate of drug-likeness (QED) is 0.697. The molecule has 144 valence electrons. The summed E-state index contributed by atoms with van der Waals surface area (Å²) < 4.78 is 0. The molecule has 0 radical (unpaired) electrons. The highest BCUT2D eigenvalue weighted by Crippen LogP contribution is 2.25. The van der Waals surface area contributed by atoms with Crippen LogP contribution in [0.4, 0.5) is 5.69 Å². The fourth-order valence-electron chi connectivity index (χ4n) is 3.39. The fourth-order valence-corrected chi connectivity index (χ4v) is 4.10. The summed E-state index contributed by atoms with van der Waals surface area (Å²) >= 11 is 1.58. The normalized spacial score (nSPS) is 16.2. The van der Waals surface area contributed by atoms with Crippen molar-refractivity contribution >= 4 is 23.4 Å². The van der Waals surface area contributed by atoms with Crippen molar-refractivity contribution in [1.82, 2.24) is 5.32 Å². The summed E-state index contributed by atoms with van der Waals surface area (Å²) in [7, 11) is 0. The molecule has 1 atom stereocenters. The smallest absolute Gasteiger partial charge is 0.230 e. The molecule has 0 bridgehead atoms. The van der Waals surface area contributed by atoms with Gasteiger partial charge in [-0.3, -0.25) is 4.79 Å². The van der Waals surface area contributed by atoms with Crippen LogP contribution in [0.25, 0.3) is 0 Å². The molecule has 0 unspecified atom stereocenters. The Morgan fingerprint density at radius 3 is 2.37 bits per heavy atom. The topological polar surface area (TPSA) is 32.3 Å². The van der Waals surface area contributed by atoms with Gasteiger partial charge >= 0.3 is 0 Å². The standard InChI is InChI=1S/C23H30N2OS/c1-17-4-10-22(11-5-17)27-16-23(26)24-19(3)20-6-8-21(9-7-20)25-14-12-18(2)13-15-25/h4-11,18-19H,12-16H2,1-3H3,(H,24,26)/t19-/m0/s1. The van der Waals surface area contributed by atoms with E-state index < -0.39 is 0 Å². The molecular weight excluding hydrogens is 352 g/mol. The largest absolute Gasteiger partial charge is 0.372 e. The van der Waals surface area contributed by atoms with Gasteiger partial charge < -0.3 is 10.2 Å². The zero-order valence-corrected chi connectivity index (χ0v) is 17.4. The number of nitrogens with one attached hydrogen (secondary N) is 1. The van der Waals surface area contributed by atoms with Gasteiger partial charge in [-0.2, -0.15) is 0 Å². The molecule has 1 saturated heterocycles. The van der Waals surface area contributed by atoms with Crippen molar-refractivity contribution in [2.24, 2.45) is 5.92 Å². The minimum atomic E-state index is 0.0199. The Morgan fingerprint density at radius 1 is 1.11 bits per heavy atom. The second kappa shape index (κ2) is 9.32. The molecule has 3 nitrogen and oxygen atoms in total. The Hall–Kier alpha value is -1.94. The van der Waals surface area contributed by atoms with Crippen molar-refractivity contribution in [3.63, 3.8) is 0 Å². The van der Waals surface area contributed by atoms with Gasteiger partial charge in [-0.1, -0.05) is 36.8 Å². The lowest BCUT2D eigenvalue weighted by Crippen LogP contribution is -2.32. The van der Waals surface area contributed by atoms with E-state index >= 15 is 0 Å². The monoisotopic (exact) mass is 382 g/mol. The van der Waals surface area contributed by atoms with Crippen LogP contribution in [0, 0.1) is 12.8 Å². The maximum absolute atomic E-state index is 12.3. The first-order valence-electron chi connectivity index (χ1n) is 9.85. The Kier molecular flexibility index (Phi) is 6.84. The van der Waals surface area contributed by atoms with Crippen LogP contribution in [0.3, 0.4) is 0 Å². The first kappa shape index (κ1) is 19.8. The highest BCUT2D eigenvalue weighted by Gasteiger charge is 2.16. The molecule has 3 rings (SSSR count). The lowest BCUT2D eigenvalue weighted by Gasteiger charge is -2.32. The van der Waals surface area contributed by atoms with E-state index in [4.69, 9.17) is 0 Å². The Labute approximate surface area is 167 Å². The molecule has 0 saturated carbocycles. The van der Waals surface area contributed by atoms with Gasteiger partial charge in [0.25, 0.3) is 0 Å². The summed E-state index contributed by atoms with van der Waals surface area (Å²) in [5.74, 6) is 1.35. The molecular formula is C23H30N2OS. The predicted octanol–water partition coefficient (Wildman–Crippen LogP) is 5.20. The third-order valence-electron chi connectivity index (χ3n) is 5.31. The number of carbonyl (C=O) groups excluding carboxylic acids is 1. The van der Waals surface area contributed by atoms with E-state index in [-0.39, 0.29) is 11.9 Å². The minimum Gasteiger partial charge on any atom is -0.372 e. The van der Waals surface area contributed by atoms with Gasteiger partial charge in [0.15, 0.2) is 0 Å². The van der Waals surface area contributed by atoms with Gasteiger partial charge in [-0.05, 0) is 62.4 Å². The van der Waals surface area contributed by atoms with Gasteiger partial charge in [0.05, 0.1) is 11.8 Å². The van der Waals surface area contributed by atoms with E-state index in [1.807, 2.05) is 6.92 Å². The van der Waals surface area contributed by atoms with Crippen molar-refractivity contribution in [3.05, 3.63) is 59.7 Å². The van der Waals surface area contributed by atoms with Crippen LogP contribution in [0.1, 0.15) is 43.9 Å². The van der Waals surface area contributed by atoms with Crippen LogP contribution in [-0.2, 0) is 4.79 Å². The first-order valence-corrected chi connectivity index (χ1v) is 10.8. The summed E-state index contributed by atoms with van der Waals surface area (Å²) in [5.41, 5.74) is 3.68. The third-order valence-corrected chi connectivity index (χ3v) is 6.32. The second-order valence-electron chi connectivity index (χ2n) is 7.65. The molecule has 1 aliphatic rings. The molecule has 1 heterocycles. The number of hydrogen-bond donors (Lipinski definition) is 1. The fraction of sp³-hybridized carbons (Fsp3) is 0.435. The van der Waals surface area contributed by atoms with Crippen LogP contribution >= 0.6 is 11.8 Å². The predicted molar refractivity (Wildman–Crippen MR) is 116 cm³/mol. The number of thioether (sulfide) groups is 1. The molecule has 0 aromatic heterocycles. The van der Waals surface area contributed by atoms with Gasteiger partial charge in [-0.25, -0.2) is 0 Å². The molecule has 4 heteroatoms. The van der Waals surface area contributed by atoms with Crippen LogP contribution in [0.5, 0.6) is 0 Å². The van der Waals surface area contributed by atoms with E-state index in [1.165, 1.54) is 24.1 Å². The molecule has 0 spiro atoms. The molecule has 1 amide bonds. The number of hydrogen-bond acceptors (Lipinski definition) is 3. The molecule has 1 fully saturated rings. The van der Waals surface area contributed by atoms with Crippen molar-refractivity contribution < 1.29 is 4.79 Å². The SMILES string of the molecule is Cc1ccc(SCC(=O)N[C@@H](C)c2ccc(N3CCC(C)CC3)cc2)cc1. The first-order chi connectivity index (χ1) is 13.0. The summed E-state index contributed by atoms with van der Waals surface area (Å²) in [4.78, 5) is 15.9. The Balaban J connectivity index is 1.49. The maximum atomic E-state index is 12.3. The second-order valence-corrected chi connectivity index (χ2v) is 8.70. The van der Waals surface area contributed by atoms with Crippen LogP contribution in [-0.4, -0.2) is 24.7 Å². The molecule has 2 aromatic carbocycles. The van der Waals surface area contributed by atoms with Gasteiger partial charge in [0.2, 0.25) is 5.91 Å². The van der Waals surface area contributed by atoms with Crippen LogP contribution in [0.2, 0.25) is 0 Å². The molecule has 27 heavy (non-hydrogen) atoms. The zero-order chi connectivity index (χ0) is 19.2. The highest BCUT2D eigenvalue weighted by molar-refractivity contribution is 8.00. The van der Waals surface area contributed by atoms with Gasteiger partial charge in [-0.15, -0.1) is 11.8 Å². The Bertz CT molecular complexity index is 734. The van der Waals surface area contributed by atoms with E-state index in [1.54, 1.807) is 11.8 Å². The van der Waals surface area contributed by atoms with E-state index in [2.05, 4.69) is 72.6 Å². The summed E-state index contributed by atoms with van der Waals surface area (Å²) in [6, 6.07) is 17.0. The average Bonchev–Trinajstić information content (AvgIpc) is 2.68. The summed E-state index contributed by atoms with van der Waals surface area (Å²) in [5, 5.41) is 3.11. The number of piperidine rings is 1. The van der Waals surface area contributed by atoms with Crippen molar-refractivity contribution in [1.29, 1.82) is 0 Å². The number of rotatable bonds is 6.